The minimum absolute atomic E-state index is 0.0186. The van der Waals surface area contributed by atoms with Crippen molar-refractivity contribution in [2.24, 2.45) is 0 Å². The van der Waals surface area contributed by atoms with Gasteiger partial charge < -0.3 is 24.6 Å². The van der Waals surface area contributed by atoms with Crippen LogP contribution < -0.4 is 15.2 Å². The first-order valence-corrected chi connectivity index (χ1v) is 14.4. The zero-order valence-corrected chi connectivity index (χ0v) is 24.0. The summed E-state index contributed by atoms with van der Waals surface area (Å²) in [5.74, 6) is -2.13. The number of β-amino-alcohol motifs (C(OH)–C–C–N with tert-alkyl or cyclic N) is 1. The molecule has 0 aliphatic carbocycles. The van der Waals surface area contributed by atoms with Crippen LogP contribution in [0.4, 0.5) is 15.8 Å². The Bertz CT molecular complexity index is 1810. The van der Waals surface area contributed by atoms with Crippen molar-refractivity contribution in [2.45, 2.75) is 19.1 Å². The molecule has 0 unspecified atom stereocenters. The number of para-hydroxylation sites is 1. The van der Waals surface area contributed by atoms with Crippen LogP contribution in [0.15, 0.2) is 65.6 Å². The minimum atomic E-state index is -1.42. The van der Waals surface area contributed by atoms with E-state index in [0.29, 0.717) is 50.5 Å². The van der Waals surface area contributed by atoms with E-state index in [4.69, 9.17) is 11.6 Å². The van der Waals surface area contributed by atoms with Crippen molar-refractivity contribution in [1.82, 2.24) is 9.47 Å². The molecule has 0 bridgehead atoms. The molecule has 3 aromatic carbocycles. The van der Waals surface area contributed by atoms with Crippen LogP contribution in [0.1, 0.15) is 27.9 Å². The van der Waals surface area contributed by atoms with Crippen molar-refractivity contribution >= 4 is 39.8 Å². The Hall–Kier alpha value is -4.43. The van der Waals surface area contributed by atoms with Gasteiger partial charge in [0.25, 0.3) is 0 Å². The van der Waals surface area contributed by atoms with Crippen LogP contribution in [0.3, 0.4) is 0 Å². The highest BCUT2D eigenvalue weighted by molar-refractivity contribution is 6.38. The molecule has 0 radical (unpaired) electrons. The number of carbonyl (C=O) groups is 1. The molecule has 2 N–H and O–H groups in total. The summed E-state index contributed by atoms with van der Waals surface area (Å²) in [6, 6.07) is 18.0. The van der Waals surface area contributed by atoms with Gasteiger partial charge in [-0.25, -0.2) is 9.18 Å². The second-order valence-corrected chi connectivity index (χ2v) is 11.3. The third-order valence-corrected chi connectivity index (χ3v) is 8.57. The predicted molar refractivity (Wildman–Crippen MR) is 163 cm³/mol. The van der Waals surface area contributed by atoms with Gasteiger partial charge in [-0.3, -0.25) is 9.69 Å². The molecule has 1 aromatic heterocycles. The highest BCUT2D eigenvalue weighted by Crippen LogP contribution is 2.37. The summed E-state index contributed by atoms with van der Waals surface area (Å²) in [5.41, 5.74) is 2.01. The number of benzene rings is 3. The zero-order chi connectivity index (χ0) is 30.2. The molecule has 2 aliphatic heterocycles. The molecule has 6 rings (SSSR count). The van der Waals surface area contributed by atoms with Gasteiger partial charge in [0, 0.05) is 57.7 Å². The second kappa shape index (κ2) is 11.7. The largest absolute Gasteiger partial charge is 0.477 e. The molecule has 2 saturated heterocycles. The number of rotatable bonds is 6. The van der Waals surface area contributed by atoms with E-state index in [2.05, 4.69) is 15.9 Å². The molecule has 0 amide bonds. The van der Waals surface area contributed by atoms with Crippen LogP contribution in [0.25, 0.3) is 16.6 Å². The number of nitriles is 1. The van der Waals surface area contributed by atoms with Gasteiger partial charge in [-0.1, -0.05) is 35.9 Å². The number of carboxylic acid groups (broad SMARTS) is 1. The van der Waals surface area contributed by atoms with Gasteiger partial charge in [0.15, 0.2) is 0 Å². The molecule has 4 aromatic rings. The topological polar surface area (TPSA) is 113 Å². The maximum absolute atomic E-state index is 15.7. The Morgan fingerprint density at radius 3 is 2.40 bits per heavy atom. The maximum atomic E-state index is 15.7. The van der Waals surface area contributed by atoms with E-state index in [1.807, 2.05) is 47.4 Å². The standard InChI is InChI=1S/C32H29ClFN5O4/c33-28-29-24(15-26(34)30(28)38-13-11-37(12-14-38)27-4-2-1-3-21(27)16-35)31(41)25(32(42)43)19-39(29)22-7-5-20(6-8-22)17-36-10-9-23(40)18-36/h1-8,15,19,23,40H,9-14,17-18H2,(H,42,43)/t23-/m0/s1. The number of fused-ring (bicyclic) bond motifs is 1. The Morgan fingerprint density at radius 2 is 1.74 bits per heavy atom. The highest BCUT2D eigenvalue weighted by atomic mass is 35.5. The van der Waals surface area contributed by atoms with E-state index in [9.17, 15) is 25.1 Å². The number of anilines is 2. The first-order chi connectivity index (χ1) is 20.7. The zero-order valence-electron chi connectivity index (χ0n) is 23.2. The third kappa shape index (κ3) is 5.43. The first kappa shape index (κ1) is 28.7. The van der Waals surface area contributed by atoms with Gasteiger partial charge in [-0.15, -0.1) is 0 Å². The van der Waals surface area contributed by atoms with Crippen LogP contribution in [-0.4, -0.2) is 71.0 Å². The summed E-state index contributed by atoms with van der Waals surface area (Å²) in [7, 11) is 0. The Kier molecular flexibility index (Phi) is 7.79. The van der Waals surface area contributed by atoms with Crippen LogP contribution >= 0.6 is 11.6 Å². The Balaban J connectivity index is 1.38. The van der Waals surface area contributed by atoms with E-state index >= 15 is 4.39 Å². The fraction of sp³-hybridized carbons (Fsp3) is 0.281. The summed E-state index contributed by atoms with van der Waals surface area (Å²) in [6.45, 7) is 3.94. The highest BCUT2D eigenvalue weighted by Gasteiger charge is 2.27. The van der Waals surface area contributed by atoms with Gasteiger partial charge in [-0.2, -0.15) is 5.26 Å². The lowest BCUT2D eigenvalue weighted by Crippen LogP contribution is -2.47. The number of aliphatic hydroxyl groups excluding tert-OH is 1. The monoisotopic (exact) mass is 601 g/mol. The summed E-state index contributed by atoms with van der Waals surface area (Å²) in [6.07, 6.45) is 1.65. The number of aromatic nitrogens is 1. The quantitative estimate of drug-likeness (QED) is 0.337. The van der Waals surface area contributed by atoms with Crippen molar-refractivity contribution < 1.29 is 19.4 Å². The van der Waals surface area contributed by atoms with Gasteiger partial charge >= 0.3 is 5.97 Å². The van der Waals surface area contributed by atoms with Crippen molar-refractivity contribution in [3.8, 4) is 11.8 Å². The molecule has 11 heteroatoms. The predicted octanol–water partition coefficient (Wildman–Crippen LogP) is 4.25. The van der Waals surface area contributed by atoms with Crippen molar-refractivity contribution in [1.29, 1.82) is 5.26 Å². The van der Waals surface area contributed by atoms with Gasteiger partial charge in [0.2, 0.25) is 5.43 Å². The molecule has 2 aliphatic rings. The number of nitrogens with zero attached hydrogens (tertiary/aromatic N) is 5. The van der Waals surface area contributed by atoms with Crippen molar-refractivity contribution in [3.63, 3.8) is 0 Å². The number of hydrogen-bond donors (Lipinski definition) is 2. The SMILES string of the molecule is N#Cc1ccccc1N1CCN(c2c(F)cc3c(=O)c(C(=O)O)cn(-c4ccc(CN5CC[C@H](O)C5)cc4)c3c2Cl)CC1. The smallest absolute Gasteiger partial charge is 0.341 e. The average molecular weight is 602 g/mol. The fourth-order valence-electron chi connectivity index (χ4n) is 6.04. The molecule has 3 heterocycles. The Morgan fingerprint density at radius 1 is 1.05 bits per heavy atom. The number of hydrogen-bond acceptors (Lipinski definition) is 7. The normalized spacial score (nSPS) is 17.4. The summed E-state index contributed by atoms with van der Waals surface area (Å²) in [5, 5.41) is 29.0. The van der Waals surface area contributed by atoms with E-state index in [0.717, 1.165) is 30.3 Å². The number of likely N-dealkylation sites (tertiary alicyclic amines) is 1. The molecular weight excluding hydrogens is 573 g/mol. The number of aromatic carboxylic acids is 1. The van der Waals surface area contributed by atoms with E-state index in [1.165, 1.54) is 10.8 Å². The fourth-order valence-corrected chi connectivity index (χ4v) is 6.44. The average Bonchev–Trinajstić information content (AvgIpc) is 3.42. The third-order valence-electron chi connectivity index (χ3n) is 8.22. The molecule has 0 spiro atoms. The second-order valence-electron chi connectivity index (χ2n) is 10.9. The van der Waals surface area contributed by atoms with Crippen LogP contribution in [0, 0.1) is 17.1 Å². The number of pyridine rings is 1. The molecule has 2 fully saturated rings. The lowest BCUT2D eigenvalue weighted by molar-refractivity contribution is 0.0695. The summed E-state index contributed by atoms with van der Waals surface area (Å²) in [4.78, 5) is 31.2. The van der Waals surface area contributed by atoms with Crippen molar-refractivity contribution in [2.75, 3.05) is 49.1 Å². The molecule has 43 heavy (non-hydrogen) atoms. The van der Waals surface area contributed by atoms with Crippen LogP contribution in [-0.2, 0) is 6.54 Å². The Labute approximate surface area is 252 Å². The molecule has 220 valence electrons. The summed E-state index contributed by atoms with van der Waals surface area (Å²) >= 11 is 6.92. The molecular formula is C32H29ClFN5O4. The minimum Gasteiger partial charge on any atom is -0.477 e. The van der Waals surface area contributed by atoms with Gasteiger partial charge in [0.1, 0.15) is 17.4 Å². The molecule has 0 saturated carbocycles. The number of carboxylic acids is 1. The number of halogens is 2. The first-order valence-electron chi connectivity index (χ1n) is 14.0. The lowest BCUT2D eigenvalue weighted by atomic mass is 10.1. The molecule has 9 nitrogen and oxygen atoms in total. The van der Waals surface area contributed by atoms with Crippen molar-refractivity contribution in [3.05, 3.63) is 98.5 Å². The number of piperazine rings is 1. The van der Waals surface area contributed by atoms with E-state index < -0.39 is 22.8 Å². The number of aliphatic hydroxyl groups is 1. The van der Waals surface area contributed by atoms with Crippen LogP contribution in [0.2, 0.25) is 5.02 Å². The maximum Gasteiger partial charge on any atom is 0.341 e. The van der Waals surface area contributed by atoms with E-state index in [-0.39, 0.29) is 27.7 Å². The summed E-state index contributed by atoms with van der Waals surface area (Å²) < 4.78 is 17.3. The molecule has 1 atom stereocenters. The van der Waals surface area contributed by atoms with E-state index in [1.54, 1.807) is 6.07 Å². The lowest BCUT2D eigenvalue weighted by Gasteiger charge is -2.38. The van der Waals surface area contributed by atoms with Gasteiger partial charge in [-0.05, 0) is 42.3 Å². The van der Waals surface area contributed by atoms with Crippen LogP contribution in [0.5, 0.6) is 0 Å². The van der Waals surface area contributed by atoms with Gasteiger partial charge in [0.05, 0.1) is 39.0 Å².